The van der Waals surface area contributed by atoms with E-state index in [1.807, 2.05) is 0 Å². The van der Waals surface area contributed by atoms with Crippen LogP contribution in [-0.2, 0) is 0 Å². The van der Waals surface area contributed by atoms with Gasteiger partial charge in [0.2, 0.25) is 0 Å². The molecule has 1 aromatic rings. The fraction of sp³-hybridized carbons (Fsp3) is 0.706. The summed E-state index contributed by atoms with van der Waals surface area (Å²) in [6.07, 6.45) is 10.1. The van der Waals surface area contributed by atoms with Crippen molar-refractivity contribution in [2.75, 3.05) is 31.1 Å². The zero-order valence-electron chi connectivity index (χ0n) is 12.7. The van der Waals surface area contributed by atoms with E-state index in [2.05, 4.69) is 35.1 Å². The average molecular weight is 273 g/mol. The maximum atomic E-state index is 4.75. The Balaban J connectivity index is 1.71. The number of piperidine rings is 2. The summed E-state index contributed by atoms with van der Waals surface area (Å²) in [5.74, 6) is 1.17. The monoisotopic (exact) mass is 273 g/mol. The smallest absolute Gasteiger partial charge is 0.128 e. The molecular weight excluding hydrogens is 246 g/mol. The Hall–Kier alpha value is -1.09. The number of pyridine rings is 1. The Morgan fingerprint density at radius 3 is 2.55 bits per heavy atom. The number of anilines is 1. The molecule has 0 bridgehead atoms. The predicted octanol–water partition coefficient (Wildman–Crippen LogP) is 3.62. The molecule has 2 aliphatic rings. The highest BCUT2D eigenvalue weighted by Gasteiger charge is 2.23. The molecule has 110 valence electrons. The van der Waals surface area contributed by atoms with Crippen LogP contribution in [0.4, 0.5) is 5.82 Å². The lowest BCUT2D eigenvalue weighted by Crippen LogP contribution is -2.33. The van der Waals surface area contributed by atoms with Crippen molar-refractivity contribution in [2.24, 2.45) is 0 Å². The van der Waals surface area contributed by atoms with Gasteiger partial charge in [0.05, 0.1) is 0 Å². The second-order valence-corrected chi connectivity index (χ2v) is 6.14. The third-order valence-electron chi connectivity index (χ3n) is 4.86. The third kappa shape index (κ3) is 2.98. The minimum Gasteiger partial charge on any atom is -0.357 e. The summed E-state index contributed by atoms with van der Waals surface area (Å²) < 4.78 is 0. The number of aromatic nitrogens is 1. The highest BCUT2D eigenvalue weighted by molar-refractivity contribution is 5.40. The fourth-order valence-corrected chi connectivity index (χ4v) is 3.65. The maximum absolute atomic E-state index is 4.75. The molecule has 0 spiro atoms. The van der Waals surface area contributed by atoms with Gasteiger partial charge in [-0.2, -0.15) is 0 Å². The molecule has 1 atom stereocenters. The van der Waals surface area contributed by atoms with Crippen LogP contribution in [0.3, 0.4) is 0 Å². The molecular formula is C17H27N3. The van der Waals surface area contributed by atoms with Gasteiger partial charge in [-0.1, -0.05) is 19.4 Å². The van der Waals surface area contributed by atoms with Crippen LogP contribution in [0.25, 0.3) is 0 Å². The van der Waals surface area contributed by atoms with Crippen molar-refractivity contribution in [3.8, 4) is 0 Å². The van der Waals surface area contributed by atoms with E-state index in [-0.39, 0.29) is 0 Å². The molecule has 3 nitrogen and oxygen atoms in total. The molecule has 3 heteroatoms. The average Bonchev–Trinajstić information content (AvgIpc) is 2.56. The highest BCUT2D eigenvalue weighted by atomic mass is 15.2. The number of likely N-dealkylation sites (tertiary alicyclic amines) is 1. The van der Waals surface area contributed by atoms with Crippen molar-refractivity contribution < 1.29 is 0 Å². The fourth-order valence-electron chi connectivity index (χ4n) is 3.65. The Kier molecular flexibility index (Phi) is 4.56. The summed E-state index contributed by atoms with van der Waals surface area (Å²) in [7, 11) is 0. The molecule has 3 heterocycles. The molecule has 0 aromatic carbocycles. The first-order valence-corrected chi connectivity index (χ1v) is 8.33. The zero-order valence-corrected chi connectivity index (χ0v) is 12.7. The van der Waals surface area contributed by atoms with Crippen molar-refractivity contribution in [1.29, 1.82) is 0 Å². The van der Waals surface area contributed by atoms with Crippen molar-refractivity contribution in [3.05, 3.63) is 23.9 Å². The van der Waals surface area contributed by atoms with Crippen LogP contribution in [0.1, 0.15) is 57.1 Å². The Morgan fingerprint density at radius 2 is 1.85 bits per heavy atom. The SMILES string of the molecule is CCN1CCCC[C@@H]1c1ccc(N2CCCCC2)nc1. The predicted molar refractivity (Wildman–Crippen MR) is 84.1 cm³/mol. The Bertz CT molecular complexity index is 409. The lowest BCUT2D eigenvalue weighted by atomic mass is 9.96. The summed E-state index contributed by atoms with van der Waals surface area (Å²) in [6, 6.07) is 5.15. The molecule has 3 rings (SSSR count). The molecule has 0 radical (unpaired) electrons. The quantitative estimate of drug-likeness (QED) is 0.838. The molecule has 2 saturated heterocycles. The topological polar surface area (TPSA) is 19.4 Å². The first kappa shape index (κ1) is 13.9. The Labute approximate surface area is 123 Å². The van der Waals surface area contributed by atoms with Crippen LogP contribution < -0.4 is 4.90 Å². The maximum Gasteiger partial charge on any atom is 0.128 e. The van der Waals surface area contributed by atoms with Crippen molar-refractivity contribution in [1.82, 2.24) is 9.88 Å². The largest absolute Gasteiger partial charge is 0.357 e. The molecule has 2 aliphatic heterocycles. The van der Waals surface area contributed by atoms with Gasteiger partial charge in [-0.15, -0.1) is 0 Å². The summed E-state index contributed by atoms with van der Waals surface area (Å²) in [4.78, 5) is 9.78. The Morgan fingerprint density at radius 1 is 1.05 bits per heavy atom. The highest BCUT2D eigenvalue weighted by Crippen LogP contribution is 2.31. The van der Waals surface area contributed by atoms with Gasteiger partial charge in [0.25, 0.3) is 0 Å². The van der Waals surface area contributed by atoms with Gasteiger partial charge >= 0.3 is 0 Å². The van der Waals surface area contributed by atoms with Crippen LogP contribution >= 0.6 is 0 Å². The van der Waals surface area contributed by atoms with Gasteiger partial charge in [0.1, 0.15) is 5.82 Å². The van der Waals surface area contributed by atoms with Gasteiger partial charge in [-0.25, -0.2) is 4.98 Å². The first-order chi connectivity index (χ1) is 9.88. The van der Waals surface area contributed by atoms with Gasteiger partial charge in [0.15, 0.2) is 0 Å². The molecule has 0 unspecified atom stereocenters. The van der Waals surface area contributed by atoms with E-state index in [9.17, 15) is 0 Å². The minimum atomic E-state index is 0.594. The van der Waals surface area contributed by atoms with Crippen LogP contribution in [-0.4, -0.2) is 36.1 Å². The van der Waals surface area contributed by atoms with E-state index in [1.165, 1.54) is 69.5 Å². The van der Waals surface area contributed by atoms with Crippen LogP contribution in [0.15, 0.2) is 18.3 Å². The van der Waals surface area contributed by atoms with Gasteiger partial charge < -0.3 is 4.90 Å². The molecule has 1 aromatic heterocycles. The van der Waals surface area contributed by atoms with E-state index >= 15 is 0 Å². The third-order valence-corrected chi connectivity index (χ3v) is 4.86. The summed E-state index contributed by atoms with van der Waals surface area (Å²) in [6.45, 7) is 7.02. The first-order valence-electron chi connectivity index (χ1n) is 8.33. The lowest BCUT2D eigenvalue weighted by Gasteiger charge is -2.35. The summed E-state index contributed by atoms with van der Waals surface area (Å²) in [5, 5.41) is 0. The lowest BCUT2D eigenvalue weighted by molar-refractivity contribution is 0.157. The summed E-state index contributed by atoms with van der Waals surface area (Å²) in [5.41, 5.74) is 1.41. The molecule has 0 aliphatic carbocycles. The van der Waals surface area contributed by atoms with Crippen molar-refractivity contribution in [3.63, 3.8) is 0 Å². The van der Waals surface area contributed by atoms with Crippen LogP contribution in [0, 0.1) is 0 Å². The van der Waals surface area contributed by atoms with Crippen LogP contribution in [0.5, 0.6) is 0 Å². The van der Waals surface area contributed by atoms with Gasteiger partial charge in [-0.3, -0.25) is 4.90 Å². The van der Waals surface area contributed by atoms with E-state index in [0.717, 1.165) is 6.54 Å². The zero-order chi connectivity index (χ0) is 13.8. The second-order valence-electron chi connectivity index (χ2n) is 6.14. The summed E-state index contributed by atoms with van der Waals surface area (Å²) >= 11 is 0. The van der Waals surface area contributed by atoms with Crippen molar-refractivity contribution in [2.45, 2.75) is 51.5 Å². The van der Waals surface area contributed by atoms with E-state index in [4.69, 9.17) is 4.98 Å². The molecule has 0 saturated carbocycles. The normalized spacial score (nSPS) is 24.9. The number of hydrogen-bond donors (Lipinski definition) is 0. The number of nitrogens with zero attached hydrogens (tertiary/aromatic N) is 3. The molecule has 0 N–H and O–H groups in total. The van der Waals surface area contributed by atoms with Gasteiger partial charge in [-0.05, 0) is 56.8 Å². The molecule has 2 fully saturated rings. The van der Waals surface area contributed by atoms with E-state index in [0.29, 0.717) is 6.04 Å². The van der Waals surface area contributed by atoms with E-state index in [1.54, 1.807) is 0 Å². The standard InChI is InChI=1S/C17H27N3/c1-2-19-11-7-4-8-16(19)15-9-10-17(18-14-15)20-12-5-3-6-13-20/h9-10,14,16H,2-8,11-13H2,1H3/t16-/m1/s1. The second kappa shape index (κ2) is 6.57. The van der Waals surface area contributed by atoms with Gasteiger partial charge in [0, 0.05) is 25.3 Å². The molecule has 0 amide bonds. The minimum absolute atomic E-state index is 0.594. The van der Waals surface area contributed by atoms with Crippen molar-refractivity contribution >= 4 is 5.82 Å². The van der Waals surface area contributed by atoms with E-state index < -0.39 is 0 Å². The number of rotatable bonds is 3. The molecule has 20 heavy (non-hydrogen) atoms. The van der Waals surface area contributed by atoms with Crippen LogP contribution in [0.2, 0.25) is 0 Å². The number of hydrogen-bond acceptors (Lipinski definition) is 3.